The van der Waals surface area contributed by atoms with Crippen LogP contribution in [0.2, 0.25) is 0 Å². The Balaban J connectivity index is 4.16. The molecule has 198 valence electrons. The van der Waals surface area contributed by atoms with E-state index in [0.717, 1.165) is 57.8 Å². The summed E-state index contributed by atoms with van der Waals surface area (Å²) in [7, 11) is 0. The molecule has 0 aliphatic carbocycles. The maximum atomic E-state index is 10.1. The zero-order valence-electron chi connectivity index (χ0n) is 23.9. The fourth-order valence-corrected chi connectivity index (χ4v) is 3.68. The van der Waals surface area contributed by atoms with E-state index in [9.17, 15) is 15.3 Å². The van der Waals surface area contributed by atoms with E-state index in [1.807, 2.05) is 13.8 Å². The van der Waals surface area contributed by atoms with Crippen molar-refractivity contribution in [3.8, 4) is 0 Å². The minimum Gasteiger partial charge on any atom is -0.390 e. The molecule has 0 saturated heterocycles. The van der Waals surface area contributed by atoms with Crippen LogP contribution in [-0.4, -0.2) is 32.6 Å². The van der Waals surface area contributed by atoms with Crippen LogP contribution >= 0.6 is 0 Å². The summed E-state index contributed by atoms with van der Waals surface area (Å²) < 4.78 is 0. The highest BCUT2D eigenvalue weighted by atomic mass is 16.3. The molecule has 3 nitrogen and oxygen atoms in total. The zero-order valence-corrected chi connectivity index (χ0v) is 23.9. The average Bonchev–Trinajstić information content (AvgIpc) is 2.71. The Hall–Kier alpha value is -1.16. The number of rotatable bonds is 17. The van der Waals surface area contributed by atoms with Crippen molar-refractivity contribution >= 4 is 0 Å². The third-order valence-corrected chi connectivity index (χ3v) is 7.02. The summed E-state index contributed by atoms with van der Waals surface area (Å²) >= 11 is 0. The Morgan fingerprint density at radius 3 is 1.32 bits per heavy atom. The van der Waals surface area contributed by atoms with Crippen LogP contribution in [0.1, 0.15) is 127 Å². The van der Waals surface area contributed by atoms with Crippen molar-refractivity contribution in [1.82, 2.24) is 0 Å². The van der Waals surface area contributed by atoms with E-state index in [1.165, 1.54) is 22.3 Å². The molecule has 0 bridgehead atoms. The van der Waals surface area contributed by atoms with Gasteiger partial charge in [-0.15, -0.1) is 0 Å². The number of hydrogen-bond acceptors (Lipinski definition) is 3. The standard InChI is InChI=1S/C31H56O3/c1-24(16-12-18-26(3)20-22-28(5)30(6,7)33)14-10-11-15-25(2)17-13-19-27(4)21-23-29(32)31(8,9)34/h14-15,18-19,28-29,32-34H,10-13,16-17,20-23H2,1-9H3. The highest BCUT2D eigenvalue weighted by molar-refractivity contribution is 5.07. The number of unbranched alkanes of at least 4 members (excludes halogenated alkanes) is 1. The molecule has 0 saturated carbocycles. The molecule has 0 rings (SSSR count). The second-order valence-electron chi connectivity index (χ2n) is 11.7. The van der Waals surface area contributed by atoms with E-state index in [0.29, 0.717) is 12.3 Å². The first-order valence-corrected chi connectivity index (χ1v) is 13.4. The van der Waals surface area contributed by atoms with Gasteiger partial charge >= 0.3 is 0 Å². The molecule has 3 heteroatoms. The fraction of sp³-hybridized carbons (Fsp3) is 0.742. The molecule has 0 aromatic rings. The Morgan fingerprint density at radius 2 is 0.941 bits per heavy atom. The normalized spacial score (nSPS) is 16.7. The molecular formula is C31H56O3. The van der Waals surface area contributed by atoms with E-state index in [2.05, 4.69) is 58.9 Å². The maximum absolute atomic E-state index is 10.1. The van der Waals surface area contributed by atoms with Crippen LogP contribution in [-0.2, 0) is 0 Å². The van der Waals surface area contributed by atoms with Crippen LogP contribution in [0.3, 0.4) is 0 Å². The van der Waals surface area contributed by atoms with Gasteiger partial charge in [-0.25, -0.2) is 0 Å². The van der Waals surface area contributed by atoms with Crippen molar-refractivity contribution in [2.75, 3.05) is 0 Å². The Bertz CT molecular complexity index is 620. The molecule has 0 heterocycles. The lowest BCUT2D eigenvalue weighted by atomic mass is 9.87. The lowest BCUT2D eigenvalue weighted by Gasteiger charge is -2.25. The third-order valence-electron chi connectivity index (χ3n) is 7.02. The van der Waals surface area contributed by atoms with Crippen LogP contribution < -0.4 is 0 Å². The lowest BCUT2D eigenvalue weighted by Crippen LogP contribution is -2.35. The molecule has 0 spiro atoms. The van der Waals surface area contributed by atoms with Crippen molar-refractivity contribution in [1.29, 1.82) is 0 Å². The predicted octanol–water partition coefficient (Wildman–Crippen LogP) is 8.21. The van der Waals surface area contributed by atoms with Crippen molar-refractivity contribution in [3.05, 3.63) is 46.6 Å². The van der Waals surface area contributed by atoms with E-state index < -0.39 is 17.3 Å². The lowest BCUT2D eigenvalue weighted by molar-refractivity contribution is -0.0509. The molecule has 0 amide bonds. The molecule has 0 aliphatic rings. The molecule has 2 unspecified atom stereocenters. The summed E-state index contributed by atoms with van der Waals surface area (Å²) in [6.45, 7) is 18.0. The summed E-state index contributed by atoms with van der Waals surface area (Å²) in [5.41, 5.74) is 3.99. The molecule has 0 aliphatic heterocycles. The topological polar surface area (TPSA) is 60.7 Å². The molecule has 0 aromatic heterocycles. The van der Waals surface area contributed by atoms with Gasteiger partial charge in [0.15, 0.2) is 0 Å². The summed E-state index contributed by atoms with van der Waals surface area (Å²) in [5.74, 6) is 0.313. The predicted molar refractivity (Wildman–Crippen MR) is 149 cm³/mol. The average molecular weight is 477 g/mol. The minimum atomic E-state index is -1.03. The van der Waals surface area contributed by atoms with Crippen LogP contribution in [0.25, 0.3) is 0 Å². The summed E-state index contributed by atoms with van der Waals surface area (Å²) in [4.78, 5) is 0. The van der Waals surface area contributed by atoms with Crippen molar-refractivity contribution in [2.24, 2.45) is 5.92 Å². The Labute approximate surface area is 211 Å². The maximum Gasteiger partial charge on any atom is 0.0849 e. The van der Waals surface area contributed by atoms with Gasteiger partial charge in [-0.2, -0.15) is 0 Å². The van der Waals surface area contributed by atoms with Crippen molar-refractivity contribution in [3.63, 3.8) is 0 Å². The molecule has 0 radical (unpaired) electrons. The summed E-state index contributed by atoms with van der Waals surface area (Å²) in [6, 6.07) is 0. The summed E-state index contributed by atoms with van der Waals surface area (Å²) in [5, 5.41) is 29.8. The van der Waals surface area contributed by atoms with E-state index in [4.69, 9.17) is 0 Å². The highest BCUT2D eigenvalue weighted by Crippen LogP contribution is 2.23. The first kappa shape index (κ1) is 32.8. The number of aliphatic hydroxyl groups excluding tert-OH is 1. The molecule has 2 atom stereocenters. The SMILES string of the molecule is CC(=CCCC=C(C)CCC=C(C)CCC(O)C(C)(C)O)CCC=C(C)CCC(C)C(C)(C)O. The summed E-state index contributed by atoms with van der Waals surface area (Å²) in [6.07, 6.45) is 18.7. The molecular weight excluding hydrogens is 420 g/mol. The van der Waals surface area contributed by atoms with Gasteiger partial charge in [-0.05, 0) is 126 Å². The van der Waals surface area contributed by atoms with Gasteiger partial charge in [-0.1, -0.05) is 53.5 Å². The second-order valence-corrected chi connectivity index (χ2v) is 11.7. The van der Waals surface area contributed by atoms with Crippen LogP contribution in [0.15, 0.2) is 46.6 Å². The Kier molecular flexibility index (Phi) is 15.9. The number of allylic oxidation sites excluding steroid dienone is 8. The van der Waals surface area contributed by atoms with Crippen LogP contribution in [0.4, 0.5) is 0 Å². The van der Waals surface area contributed by atoms with E-state index in [1.54, 1.807) is 13.8 Å². The molecule has 0 aromatic carbocycles. The first-order chi connectivity index (χ1) is 15.6. The van der Waals surface area contributed by atoms with Crippen LogP contribution in [0, 0.1) is 5.92 Å². The van der Waals surface area contributed by atoms with Gasteiger partial charge in [0.1, 0.15) is 0 Å². The highest BCUT2D eigenvalue weighted by Gasteiger charge is 2.23. The monoisotopic (exact) mass is 476 g/mol. The number of hydrogen-bond donors (Lipinski definition) is 3. The van der Waals surface area contributed by atoms with Gasteiger partial charge < -0.3 is 15.3 Å². The van der Waals surface area contributed by atoms with Gasteiger partial charge in [-0.3, -0.25) is 0 Å². The fourth-order valence-electron chi connectivity index (χ4n) is 3.68. The van der Waals surface area contributed by atoms with Gasteiger partial charge in [0.25, 0.3) is 0 Å². The minimum absolute atomic E-state index is 0.313. The van der Waals surface area contributed by atoms with Gasteiger partial charge in [0, 0.05) is 0 Å². The van der Waals surface area contributed by atoms with Gasteiger partial charge in [0.05, 0.1) is 17.3 Å². The molecule has 34 heavy (non-hydrogen) atoms. The molecule has 3 N–H and O–H groups in total. The van der Waals surface area contributed by atoms with E-state index >= 15 is 0 Å². The smallest absolute Gasteiger partial charge is 0.0849 e. The quantitative estimate of drug-likeness (QED) is 0.146. The third kappa shape index (κ3) is 17.3. The first-order valence-electron chi connectivity index (χ1n) is 13.4. The van der Waals surface area contributed by atoms with Gasteiger partial charge in [0.2, 0.25) is 0 Å². The van der Waals surface area contributed by atoms with Crippen molar-refractivity contribution in [2.45, 2.75) is 144 Å². The van der Waals surface area contributed by atoms with Crippen LogP contribution in [0.5, 0.6) is 0 Å². The molecule has 0 fully saturated rings. The largest absolute Gasteiger partial charge is 0.390 e. The zero-order chi connectivity index (χ0) is 26.4. The second kappa shape index (κ2) is 16.5. The van der Waals surface area contributed by atoms with E-state index in [-0.39, 0.29) is 0 Å². The van der Waals surface area contributed by atoms with Crippen molar-refractivity contribution < 1.29 is 15.3 Å². The Morgan fingerprint density at radius 1 is 0.588 bits per heavy atom. The number of aliphatic hydroxyl groups is 3.